The number of H-pyrrole nitrogens is 1. The summed E-state index contributed by atoms with van der Waals surface area (Å²) in [6, 6.07) is 50.5. The molecular weight excluding hydrogens is 661 g/mol. The summed E-state index contributed by atoms with van der Waals surface area (Å²) in [6.07, 6.45) is -0.407. The van der Waals surface area contributed by atoms with Gasteiger partial charge in [0, 0.05) is 22.8 Å². The molecule has 0 aliphatic rings. The van der Waals surface area contributed by atoms with Crippen LogP contribution in [0.2, 0.25) is 0 Å². The first-order valence-electron chi connectivity index (χ1n) is 17.8. The number of rotatable bonds is 13. The Morgan fingerprint density at radius 1 is 0.585 bits per heavy atom. The number of hydrogen-bond donors (Lipinski definition) is 2. The largest absolute Gasteiger partial charge is 0.497 e. The molecule has 2 N–H and O–H groups in total. The molecular formula is C46H40N2O5. The average molecular weight is 701 g/mol. The molecule has 7 heteroatoms. The number of nitrogens with zero attached hydrogens (tertiary/aromatic N) is 1. The van der Waals surface area contributed by atoms with Crippen LogP contribution in [-0.2, 0) is 10.3 Å². The molecule has 1 aromatic heterocycles. The highest BCUT2D eigenvalue weighted by Gasteiger charge is 2.38. The maximum Gasteiger partial charge on any atom is 0.143 e. The van der Waals surface area contributed by atoms with Crippen LogP contribution in [0.4, 0.5) is 0 Å². The number of hydrogen-bond acceptors (Lipinski definition) is 6. The van der Waals surface area contributed by atoms with E-state index < -0.39 is 11.7 Å². The highest BCUT2D eigenvalue weighted by Crippen LogP contribution is 2.42. The summed E-state index contributed by atoms with van der Waals surface area (Å²) in [5.41, 5.74) is 4.69. The summed E-state index contributed by atoms with van der Waals surface area (Å²) in [5, 5.41) is 15.9. The Hall–Kier alpha value is -6.15. The van der Waals surface area contributed by atoms with E-state index in [-0.39, 0.29) is 6.61 Å². The van der Waals surface area contributed by atoms with E-state index in [1.54, 1.807) is 14.2 Å². The minimum Gasteiger partial charge on any atom is -0.497 e. The van der Waals surface area contributed by atoms with E-state index in [4.69, 9.17) is 23.9 Å². The molecule has 0 bridgehead atoms. The number of aliphatic hydroxyl groups is 1. The topological polar surface area (TPSA) is 85.8 Å². The van der Waals surface area contributed by atoms with Crippen LogP contribution in [0.15, 0.2) is 152 Å². The molecule has 0 amide bonds. The fourth-order valence-corrected chi connectivity index (χ4v) is 7.16. The average Bonchev–Trinajstić information content (AvgIpc) is 3.69. The van der Waals surface area contributed by atoms with Gasteiger partial charge >= 0.3 is 0 Å². The number of aromatic amines is 1. The number of benzene rings is 7. The summed E-state index contributed by atoms with van der Waals surface area (Å²) < 4.78 is 23.9. The molecule has 0 aliphatic carbocycles. The van der Waals surface area contributed by atoms with Gasteiger partial charge in [-0.3, -0.25) is 0 Å². The van der Waals surface area contributed by atoms with E-state index >= 15 is 0 Å². The van der Waals surface area contributed by atoms with Crippen LogP contribution in [0, 0.1) is 0 Å². The van der Waals surface area contributed by atoms with Crippen LogP contribution in [0.3, 0.4) is 0 Å². The summed E-state index contributed by atoms with van der Waals surface area (Å²) in [6.45, 7) is 0.389. The molecule has 0 unspecified atom stereocenters. The van der Waals surface area contributed by atoms with Crippen molar-refractivity contribution in [3.63, 3.8) is 0 Å². The number of methoxy groups -OCH3 is 2. The van der Waals surface area contributed by atoms with Crippen molar-refractivity contribution >= 4 is 32.6 Å². The van der Waals surface area contributed by atoms with Crippen molar-refractivity contribution in [2.75, 3.05) is 27.4 Å². The van der Waals surface area contributed by atoms with Crippen LogP contribution in [0.1, 0.15) is 23.1 Å². The minimum atomic E-state index is -1.01. The number of fused-ring (bicyclic) bond motifs is 6. The maximum absolute atomic E-state index is 11.3. The molecule has 264 valence electrons. The Kier molecular flexibility index (Phi) is 9.51. The fraction of sp³-hybridized carbons (Fsp3) is 0.152. The number of imidazole rings is 1. The van der Waals surface area contributed by atoms with Crippen molar-refractivity contribution in [1.82, 2.24) is 9.97 Å². The van der Waals surface area contributed by atoms with Gasteiger partial charge in [-0.1, -0.05) is 103 Å². The van der Waals surface area contributed by atoms with Gasteiger partial charge in [0.05, 0.1) is 44.6 Å². The number of ether oxygens (including phenoxy) is 4. The maximum atomic E-state index is 11.3. The zero-order valence-electron chi connectivity index (χ0n) is 29.7. The van der Waals surface area contributed by atoms with Crippen molar-refractivity contribution in [2.45, 2.75) is 18.1 Å². The standard InChI is InChI=1S/C46H40N2O5/c1-50-36-24-18-33(19-25-36)46(32-10-4-3-5-11-32,34-20-26-37(51-2)27-21-34)53-30-35(49)28-29-52-38-22-16-31(17-23-38)45-47-43-41-14-8-6-12-39(41)40-13-7-9-15-42(40)44(43)48-45/h3-27,35,49H,28-30H2,1-2H3,(H,47,48)/t35-/m0/s1. The Labute approximate surface area is 308 Å². The lowest BCUT2D eigenvalue weighted by atomic mass is 9.80. The van der Waals surface area contributed by atoms with Gasteiger partial charge in [-0.25, -0.2) is 4.98 Å². The normalized spacial score (nSPS) is 12.3. The highest BCUT2D eigenvalue weighted by atomic mass is 16.5. The van der Waals surface area contributed by atoms with Gasteiger partial charge in [0.1, 0.15) is 28.7 Å². The van der Waals surface area contributed by atoms with Crippen LogP contribution in [-0.4, -0.2) is 48.6 Å². The molecule has 53 heavy (non-hydrogen) atoms. The van der Waals surface area contributed by atoms with E-state index in [1.807, 2.05) is 103 Å². The molecule has 0 fully saturated rings. The molecule has 1 heterocycles. The van der Waals surface area contributed by atoms with E-state index in [2.05, 4.69) is 53.5 Å². The fourth-order valence-electron chi connectivity index (χ4n) is 7.16. The molecule has 0 saturated heterocycles. The zero-order chi connectivity index (χ0) is 36.2. The Balaban J connectivity index is 0.982. The molecule has 0 saturated carbocycles. The number of nitrogens with one attached hydrogen (secondary N) is 1. The lowest BCUT2D eigenvalue weighted by Gasteiger charge is -2.36. The quantitative estimate of drug-likeness (QED) is 0.0921. The Morgan fingerprint density at radius 3 is 1.70 bits per heavy atom. The van der Waals surface area contributed by atoms with E-state index in [0.29, 0.717) is 18.8 Å². The van der Waals surface area contributed by atoms with Gasteiger partial charge in [-0.2, -0.15) is 0 Å². The van der Waals surface area contributed by atoms with Crippen molar-refractivity contribution in [1.29, 1.82) is 0 Å². The van der Waals surface area contributed by atoms with E-state index in [0.717, 1.165) is 61.4 Å². The van der Waals surface area contributed by atoms with Crippen LogP contribution in [0.25, 0.3) is 44.0 Å². The summed E-state index contributed by atoms with van der Waals surface area (Å²) in [7, 11) is 3.30. The first-order chi connectivity index (χ1) is 26.1. The minimum absolute atomic E-state index is 0.0741. The van der Waals surface area contributed by atoms with Crippen LogP contribution in [0.5, 0.6) is 17.2 Å². The van der Waals surface area contributed by atoms with E-state index in [1.165, 1.54) is 10.8 Å². The third kappa shape index (κ3) is 6.57. The van der Waals surface area contributed by atoms with Crippen molar-refractivity contribution < 1.29 is 24.1 Å². The smallest absolute Gasteiger partial charge is 0.143 e. The molecule has 0 aliphatic heterocycles. The van der Waals surface area contributed by atoms with Gasteiger partial charge in [0.25, 0.3) is 0 Å². The molecule has 7 aromatic carbocycles. The Morgan fingerprint density at radius 2 is 1.09 bits per heavy atom. The molecule has 1 atom stereocenters. The van der Waals surface area contributed by atoms with Crippen LogP contribution >= 0.6 is 0 Å². The second kappa shape index (κ2) is 14.8. The number of aromatic nitrogens is 2. The monoisotopic (exact) mass is 700 g/mol. The molecule has 0 spiro atoms. The molecule has 8 aromatic rings. The first kappa shape index (κ1) is 34.0. The second-order valence-electron chi connectivity index (χ2n) is 13.0. The van der Waals surface area contributed by atoms with E-state index in [9.17, 15) is 5.11 Å². The van der Waals surface area contributed by atoms with Crippen molar-refractivity contribution in [3.8, 4) is 28.6 Å². The first-order valence-corrected chi connectivity index (χ1v) is 17.8. The van der Waals surface area contributed by atoms with Crippen molar-refractivity contribution in [2.24, 2.45) is 0 Å². The zero-order valence-corrected chi connectivity index (χ0v) is 29.7. The van der Waals surface area contributed by atoms with Gasteiger partial charge < -0.3 is 29.0 Å². The summed E-state index contributed by atoms with van der Waals surface area (Å²) in [5.74, 6) is 3.01. The van der Waals surface area contributed by atoms with Gasteiger partial charge in [-0.15, -0.1) is 0 Å². The second-order valence-corrected chi connectivity index (χ2v) is 13.0. The lowest BCUT2D eigenvalue weighted by molar-refractivity contribution is -0.0427. The van der Waals surface area contributed by atoms with Crippen molar-refractivity contribution in [3.05, 3.63) is 168 Å². The molecule has 8 rings (SSSR count). The predicted octanol–water partition coefficient (Wildman–Crippen LogP) is 9.69. The highest BCUT2D eigenvalue weighted by molar-refractivity contribution is 6.23. The summed E-state index contributed by atoms with van der Waals surface area (Å²) in [4.78, 5) is 8.63. The Bertz CT molecular complexity index is 2340. The third-order valence-corrected chi connectivity index (χ3v) is 9.89. The lowest BCUT2D eigenvalue weighted by Crippen LogP contribution is -2.36. The van der Waals surface area contributed by atoms with Crippen LogP contribution < -0.4 is 14.2 Å². The SMILES string of the molecule is COc1ccc(C(OC[C@@H](O)CCOc2ccc(-c3nc4c5ccccc5c5ccccc5c4[nH]3)cc2)(c2ccccc2)c2ccc(OC)cc2)cc1. The predicted molar refractivity (Wildman–Crippen MR) is 211 cm³/mol. The van der Waals surface area contributed by atoms with Gasteiger partial charge in [0.15, 0.2) is 0 Å². The number of aliphatic hydroxyl groups excluding tert-OH is 1. The van der Waals surface area contributed by atoms with Gasteiger partial charge in [0.2, 0.25) is 0 Å². The third-order valence-electron chi connectivity index (χ3n) is 9.89. The summed E-state index contributed by atoms with van der Waals surface area (Å²) >= 11 is 0. The molecule has 7 nitrogen and oxygen atoms in total. The van der Waals surface area contributed by atoms with Gasteiger partial charge in [-0.05, 0) is 76.0 Å². The molecule has 0 radical (unpaired) electrons.